The predicted molar refractivity (Wildman–Crippen MR) is 86.3 cm³/mol. The zero-order chi connectivity index (χ0) is 15.2. The zero-order valence-electron chi connectivity index (χ0n) is 12.6. The molecule has 3 nitrogen and oxygen atoms in total. The molecular weight excluding hydrogens is 274 g/mol. The van der Waals surface area contributed by atoms with Gasteiger partial charge in [-0.15, -0.1) is 0 Å². The lowest BCUT2D eigenvalue weighted by Gasteiger charge is -2.34. The molecular formula is C19H21NO2. The molecule has 1 atom stereocenters. The van der Waals surface area contributed by atoms with Gasteiger partial charge in [0.25, 0.3) is 0 Å². The normalized spacial score (nSPS) is 15.6. The Balaban J connectivity index is 1.59. The van der Waals surface area contributed by atoms with E-state index < -0.39 is 0 Å². The van der Waals surface area contributed by atoms with Crippen molar-refractivity contribution in [1.29, 1.82) is 0 Å². The van der Waals surface area contributed by atoms with Crippen molar-refractivity contribution >= 4 is 6.09 Å². The van der Waals surface area contributed by atoms with Crippen LogP contribution in [0.5, 0.6) is 0 Å². The molecule has 0 unspecified atom stereocenters. The quantitative estimate of drug-likeness (QED) is 0.884. The largest absolute Gasteiger partial charge is 0.445 e. The third-order valence-corrected chi connectivity index (χ3v) is 4.27. The predicted octanol–water partition coefficient (Wildman–Crippen LogP) is 4.45. The van der Waals surface area contributed by atoms with Gasteiger partial charge in [0.1, 0.15) is 6.61 Å². The number of ether oxygens (including phenoxy) is 1. The molecule has 0 radical (unpaired) electrons. The van der Waals surface area contributed by atoms with Crippen LogP contribution in [0.25, 0.3) is 0 Å². The highest BCUT2D eigenvalue weighted by molar-refractivity contribution is 5.68. The fraction of sp³-hybridized carbons (Fsp3) is 0.316. The van der Waals surface area contributed by atoms with Crippen LogP contribution >= 0.6 is 0 Å². The standard InChI is InChI=1S/C19H21NO2/c21-19(22-14-15-8-3-1-4-9-15)20-18(17-12-7-13-17)16-10-5-2-6-11-16/h1-6,8-11,17-18H,7,12-14H2,(H,20,21)/t18-/m0/s1. The number of rotatable bonds is 5. The summed E-state index contributed by atoms with van der Waals surface area (Å²) in [4.78, 5) is 12.1. The van der Waals surface area contributed by atoms with E-state index in [4.69, 9.17) is 4.74 Å². The van der Waals surface area contributed by atoms with Gasteiger partial charge >= 0.3 is 6.09 Å². The molecule has 1 saturated carbocycles. The van der Waals surface area contributed by atoms with Crippen LogP contribution in [-0.4, -0.2) is 6.09 Å². The molecule has 114 valence electrons. The van der Waals surface area contributed by atoms with Crippen molar-refractivity contribution in [2.24, 2.45) is 5.92 Å². The summed E-state index contributed by atoms with van der Waals surface area (Å²) in [5, 5.41) is 3.04. The Labute approximate surface area is 131 Å². The Kier molecular flexibility index (Phi) is 4.74. The van der Waals surface area contributed by atoms with Crippen molar-refractivity contribution in [1.82, 2.24) is 5.32 Å². The van der Waals surface area contributed by atoms with Crippen molar-refractivity contribution in [3.05, 3.63) is 71.8 Å². The molecule has 3 heteroatoms. The van der Waals surface area contributed by atoms with E-state index in [1.165, 1.54) is 19.3 Å². The van der Waals surface area contributed by atoms with Crippen molar-refractivity contribution in [2.75, 3.05) is 0 Å². The monoisotopic (exact) mass is 295 g/mol. The first kappa shape index (κ1) is 14.6. The van der Waals surface area contributed by atoms with Crippen LogP contribution in [0.4, 0.5) is 4.79 Å². The smallest absolute Gasteiger partial charge is 0.407 e. The highest BCUT2D eigenvalue weighted by Crippen LogP contribution is 2.37. The van der Waals surface area contributed by atoms with E-state index in [0.717, 1.165) is 11.1 Å². The molecule has 1 aliphatic carbocycles. The Hall–Kier alpha value is -2.29. The van der Waals surface area contributed by atoms with Crippen LogP contribution in [0, 0.1) is 5.92 Å². The third kappa shape index (κ3) is 3.67. The molecule has 2 aromatic carbocycles. The molecule has 2 aromatic rings. The van der Waals surface area contributed by atoms with E-state index in [0.29, 0.717) is 12.5 Å². The molecule has 0 bridgehead atoms. The highest BCUT2D eigenvalue weighted by atomic mass is 16.5. The lowest BCUT2D eigenvalue weighted by atomic mass is 9.77. The van der Waals surface area contributed by atoms with Crippen molar-refractivity contribution in [3.8, 4) is 0 Å². The van der Waals surface area contributed by atoms with Crippen molar-refractivity contribution in [2.45, 2.75) is 31.9 Å². The first-order valence-electron chi connectivity index (χ1n) is 7.85. The van der Waals surface area contributed by atoms with Gasteiger partial charge < -0.3 is 10.1 Å². The van der Waals surface area contributed by atoms with Gasteiger partial charge in [0, 0.05) is 0 Å². The number of alkyl carbamates (subject to hydrolysis) is 1. The van der Waals surface area contributed by atoms with Gasteiger partial charge in [0.15, 0.2) is 0 Å². The van der Waals surface area contributed by atoms with Crippen LogP contribution < -0.4 is 5.32 Å². The summed E-state index contributed by atoms with van der Waals surface area (Å²) >= 11 is 0. The molecule has 0 spiro atoms. The summed E-state index contributed by atoms with van der Waals surface area (Å²) in [7, 11) is 0. The minimum atomic E-state index is -0.343. The number of nitrogens with one attached hydrogen (secondary N) is 1. The third-order valence-electron chi connectivity index (χ3n) is 4.27. The number of hydrogen-bond acceptors (Lipinski definition) is 2. The van der Waals surface area contributed by atoms with Crippen LogP contribution in [0.2, 0.25) is 0 Å². The van der Waals surface area contributed by atoms with Crippen molar-refractivity contribution in [3.63, 3.8) is 0 Å². The van der Waals surface area contributed by atoms with Gasteiger partial charge in [-0.3, -0.25) is 0 Å². The number of carbonyl (C=O) groups excluding carboxylic acids is 1. The summed E-state index contributed by atoms with van der Waals surface area (Å²) in [5.41, 5.74) is 2.15. The zero-order valence-corrected chi connectivity index (χ0v) is 12.6. The van der Waals surface area contributed by atoms with Crippen LogP contribution in [0.3, 0.4) is 0 Å². The van der Waals surface area contributed by atoms with Gasteiger partial charge in [-0.25, -0.2) is 4.79 Å². The molecule has 1 aliphatic rings. The van der Waals surface area contributed by atoms with E-state index >= 15 is 0 Å². The minimum Gasteiger partial charge on any atom is -0.445 e. The second-order valence-corrected chi connectivity index (χ2v) is 5.79. The number of carbonyl (C=O) groups is 1. The summed E-state index contributed by atoms with van der Waals surface area (Å²) in [6.07, 6.45) is 3.23. The maximum atomic E-state index is 12.1. The first-order chi connectivity index (χ1) is 10.8. The average Bonchev–Trinajstić information content (AvgIpc) is 2.52. The van der Waals surface area contributed by atoms with Gasteiger partial charge in [0.2, 0.25) is 0 Å². The van der Waals surface area contributed by atoms with Crippen LogP contribution in [-0.2, 0) is 11.3 Å². The van der Waals surface area contributed by atoms with E-state index in [1.54, 1.807) is 0 Å². The molecule has 0 saturated heterocycles. The average molecular weight is 295 g/mol. The van der Waals surface area contributed by atoms with Gasteiger partial charge in [0.05, 0.1) is 6.04 Å². The minimum absolute atomic E-state index is 0.0539. The summed E-state index contributed by atoms with van der Waals surface area (Å²) in [6, 6.07) is 20.0. The summed E-state index contributed by atoms with van der Waals surface area (Å²) in [5.74, 6) is 0.520. The van der Waals surface area contributed by atoms with E-state index in [1.807, 2.05) is 48.5 Å². The van der Waals surface area contributed by atoms with Crippen molar-refractivity contribution < 1.29 is 9.53 Å². The van der Waals surface area contributed by atoms with Gasteiger partial charge in [-0.1, -0.05) is 67.1 Å². The summed E-state index contributed by atoms with van der Waals surface area (Å²) < 4.78 is 5.35. The number of amides is 1. The first-order valence-corrected chi connectivity index (χ1v) is 7.85. The number of benzene rings is 2. The fourth-order valence-electron chi connectivity index (χ4n) is 2.80. The second kappa shape index (κ2) is 7.12. The molecule has 22 heavy (non-hydrogen) atoms. The Bertz CT molecular complexity index is 593. The van der Waals surface area contributed by atoms with E-state index in [9.17, 15) is 4.79 Å². The Morgan fingerprint density at radius 1 is 1.05 bits per heavy atom. The molecule has 1 N–H and O–H groups in total. The second-order valence-electron chi connectivity index (χ2n) is 5.79. The van der Waals surface area contributed by atoms with Gasteiger partial charge in [-0.05, 0) is 29.9 Å². The molecule has 3 rings (SSSR count). The molecule has 0 heterocycles. The Morgan fingerprint density at radius 3 is 2.27 bits per heavy atom. The van der Waals surface area contributed by atoms with Crippen LogP contribution in [0.15, 0.2) is 60.7 Å². The topological polar surface area (TPSA) is 38.3 Å². The lowest BCUT2D eigenvalue weighted by Crippen LogP contribution is -2.36. The molecule has 1 amide bonds. The maximum Gasteiger partial charge on any atom is 0.407 e. The maximum absolute atomic E-state index is 12.1. The van der Waals surface area contributed by atoms with E-state index in [2.05, 4.69) is 17.4 Å². The SMILES string of the molecule is O=C(N[C@@H](c1ccccc1)C1CCC1)OCc1ccccc1. The Morgan fingerprint density at radius 2 is 1.68 bits per heavy atom. The summed E-state index contributed by atoms with van der Waals surface area (Å²) in [6.45, 7) is 0.304. The molecule has 1 fully saturated rings. The van der Waals surface area contributed by atoms with Crippen LogP contribution in [0.1, 0.15) is 36.4 Å². The van der Waals surface area contributed by atoms with Gasteiger partial charge in [-0.2, -0.15) is 0 Å². The molecule has 0 aromatic heterocycles. The highest BCUT2D eigenvalue weighted by Gasteiger charge is 2.30. The molecule has 0 aliphatic heterocycles. The van der Waals surface area contributed by atoms with E-state index in [-0.39, 0.29) is 12.1 Å². The fourth-order valence-corrected chi connectivity index (χ4v) is 2.80. The lowest BCUT2D eigenvalue weighted by molar-refractivity contribution is 0.125. The number of hydrogen-bond donors (Lipinski definition) is 1.